The summed E-state index contributed by atoms with van der Waals surface area (Å²) in [6.07, 6.45) is 6.51. The minimum absolute atomic E-state index is 0.201. The molecule has 3 heteroatoms. The van der Waals surface area contributed by atoms with Gasteiger partial charge in [-0.05, 0) is 25.7 Å². The molecule has 1 unspecified atom stereocenters. The third-order valence-electron chi connectivity index (χ3n) is 2.71. The Labute approximate surface area is 79.5 Å². The summed E-state index contributed by atoms with van der Waals surface area (Å²) in [6.45, 7) is 2.07. The Bertz CT molecular complexity index is 155. The lowest BCUT2D eigenvalue weighted by atomic mass is 9.85. The van der Waals surface area contributed by atoms with Crippen LogP contribution >= 0.6 is 12.6 Å². The predicted octanol–water partition coefficient (Wildman–Crippen LogP) is 2.59. The Morgan fingerprint density at radius 2 is 2.00 bits per heavy atom. The van der Waals surface area contributed by atoms with Crippen molar-refractivity contribution in [3.63, 3.8) is 0 Å². The van der Waals surface area contributed by atoms with E-state index in [1.165, 1.54) is 32.1 Å². The van der Waals surface area contributed by atoms with E-state index < -0.39 is 0 Å². The van der Waals surface area contributed by atoms with Gasteiger partial charge in [0.05, 0.1) is 0 Å². The van der Waals surface area contributed by atoms with Gasteiger partial charge in [-0.25, -0.2) is 0 Å². The van der Waals surface area contributed by atoms with Gasteiger partial charge in [0.25, 0.3) is 5.24 Å². The van der Waals surface area contributed by atoms with Crippen LogP contribution in [0.3, 0.4) is 0 Å². The second-order valence-corrected chi connectivity index (χ2v) is 4.04. The Balaban J connectivity index is 2.29. The SMILES string of the molecule is CC(NC(=O)S)C1CCCCC1. The molecule has 2 nitrogen and oxygen atoms in total. The third kappa shape index (κ3) is 3.05. The normalized spacial score (nSPS) is 21.8. The Hall–Kier alpha value is -0.180. The average Bonchev–Trinajstić information content (AvgIpc) is 2.05. The van der Waals surface area contributed by atoms with Crippen molar-refractivity contribution in [3.8, 4) is 0 Å². The maximum absolute atomic E-state index is 10.6. The number of thiol groups is 1. The van der Waals surface area contributed by atoms with Crippen LogP contribution < -0.4 is 5.32 Å². The fourth-order valence-electron chi connectivity index (χ4n) is 1.95. The van der Waals surface area contributed by atoms with Crippen LogP contribution in [-0.4, -0.2) is 11.3 Å². The topological polar surface area (TPSA) is 29.1 Å². The number of carbonyl (C=O) groups is 1. The molecule has 1 atom stereocenters. The van der Waals surface area contributed by atoms with E-state index in [0.717, 1.165) is 0 Å². The highest BCUT2D eigenvalue weighted by Gasteiger charge is 2.20. The van der Waals surface area contributed by atoms with E-state index in [9.17, 15) is 4.79 Å². The Morgan fingerprint density at radius 1 is 1.42 bits per heavy atom. The van der Waals surface area contributed by atoms with Crippen molar-refractivity contribution in [2.75, 3.05) is 0 Å². The molecule has 0 radical (unpaired) electrons. The predicted molar refractivity (Wildman–Crippen MR) is 53.6 cm³/mol. The van der Waals surface area contributed by atoms with Crippen LogP contribution in [0.15, 0.2) is 0 Å². The van der Waals surface area contributed by atoms with Gasteiger partial charge in [0.15, 0.2) is 0 Å². The second kappa shape index (κ2) is 4.75. The summed E-state index contributed by atoms with van der Waals surface area (Å²) in [7, 11) is 0. The first-order valence-corrected chi connectivity index (χ1v) is 5.14. The zero-order chi connectivity index (χ0) is 8.97. The van der Waals surface area contributed by atoms with Crippen molar-refractivity contribution in [2.45, 2.75) is 45.1 Å². The number of nitrogens with one attached hydrogen (secondary N) is 1. The minimum Gasteiger partial charge on any atom is -0.344 e. The van der Waals surface area contributed by atoms with Gasteiger partial charge in [-0.3, -0.25) is 4.79 Å². The van der Waals surface area contributed by atoms with E-state index in [1.807, 2.05) is 0 Å². The first-order chi connectivity index (χ1) is 5.70. The first-order valence-electron chi connectivity index (χ1n) is 4.69. The molecular formula is C9H17NOS. The number of rotatable bonds is 2. The minimum atomic E-state index is -0.201. The quantitative estimate of drug-likeness (QED) is 0.639. The lowest BCUT2D eigenvalue weighted by Crippen LogP contribution is -2.36. The molecular weight excluding hydrogens is 170 g/mol. The van der Waals surface area contributed by atoms with Crippen molar-refractivity contribution in [2.24, 2.45) is 5.92 Å². The molecule has 0 heterocycles. The second-order valence-electron chi connectivity index (χ2n) is 3.64. The van der Waals surface area contributed by atoms with E-state index in [4.69, 9.17) is 0 Å². The molecule has 0 saturated heterocycles. The smallest absolute Gasteiger partial charge is 0.276 e. The number of hydrogen-bond donors (Lipinski definition) is 2. The Morgan fingerprint density at radius 3 is 2.50 bits per heavy atom. The molecule has 1 rings (SSSR count). The molecule has 1 fully saturated rings. The van der Waals surface area contributed by atoms with Gasteiger partial charge >= 0.3 is 0 Å². The highest BCUT2D eigenvalue weighted by atomic mass is 32.1. The number of hydrogen-bond acceptors (Lipinski definition) is 1. The maximum atomic E-state index is 10.6. The van der Waals surface area contributed by atoms with Gasteiger partial charge in [0.2, 0.25) is 0 Å². The molecule has 0 aromatic rings. The van der Waals surface area contributed by atoms with Gasteiger partial charge < -0.3 is 5.32 Å². The summed E-state index contributed by atoms with van der Waals surface area (Å²) in [6, 6.07) is 0.301. The monoisotopic (exact) mass is 187 g/mol. The fraction of sp³-hybridized carbons (Fsp3) is 0.889. The zero-order valence-electron chi connectivity index (χ0n) is 7.55. The molecule has 1 N–H and O–H groups in total. The molecule has 0 aromatic heterocycles. The van der Waals surface area contributed by atoms with Crippen molar-refractivity contribution in [3.05, 3.63) is 0 Å². The van der Waals surface area contributed by atoms with E-state index in [1.54, 1.807) is 0 Å². The molecule has 0 spiro atoms. The van der Waals surface area contributed by atoms with Gasteiger partial charge in [-0.2, -0.15) is 0 Å². The summed E-state index contributed by atoms with van der Waals surface area (Å²) in [5.74, 6) is 0.676. The van der Waals surface area contributed by atoms with Crippen LogP contribution in [0.25, 0.3) is 0 Å². The van der Waals surface area contributed by atoms with Gasteiger partial charge in [-0.15, -0.1) is 0 Å². The van der Waals surface area contributed by atoms with Gasteiger partial charge in [0, 0.05) is 6.04 Å². The number of carbonyl (C=O) groups excluding carboxylic acids is 1. The third-order valence-corrected chi connectivity index (χ3v) is 2.84. The van der Waals surface area contributed by atoms with E-state index >= 15 is 0 Å². The molecule has 1 aliphatic carbocycles. The van der Waals surface area contributed by atoms with Crippen LogP contribution in [0.2, 0.25) is 0 Å². The Kier molecular flexibility index (Phi) is 3.92. The first kappa shape index (κ1) is 9.90. The van der Waals surface area contributed by atoms with E-state index in [-0.39, 0.29) is 5.24 Å². The van der Waals surface area contributed by atoms with Crippen molar-refractivity contribution in [1.82, 2.24) is 5.32 Å². The summed E-state index contributed by atoms with van der Waals surface area (Å²) in [5.41, 5.74) is 0. The molecule has 1 aliphatic rings. The van der Waals surface area contributed by atoms with Crippen LogP contribution in [0, 0.1) is 5.92 Å². The van der Waals surface area contributed by atoms with Crippen molar-refractivity contribution < 1.29 is 4.79 Å². The number of amides is 1. The van der Waals surface area contributed by atoms with Crippen LogP contribution in [-0.2, 0) is 0 Å². The molecule has 1 saturated carbocycles. The fourth-order valence-corrected chi connectivity index (χ4v) is 2.15. The van der Waals surface area contributed by atoms with Crippen molar-refractivity contribution in [1.29, 1.82) is 0 Å². The molecule has 70 valence electrons. The van der Waals surface area contributed by atoms with E-state index in [2.05, 4.69) is 24.9 Å². The van der Waals surface area contributed by atoms with Gasteiger partial charge in [0.1, 0.15) is 0 Å². The van der Waals surface area contributed by atoms with E-state index in [0.29, 0.717) is 12.0 Å². The largest absolute Gasteiger partial charge is 0.344 e. The summed E-state index contributed by atoms with van der Waals surface area (Å²) in [4.78, 5) is 10.6. The van der Waals surface area contributed by atoms with Crippen LogP contribution in [0.1, 0.15) is 39.0 Å². The molecule has 0 bridgehead atoms. The lowest BCUT2D eigenvalue weighted by Gasteiger charge is -2.27. The highest BCUT2D eigenvalue weighted by molar-refractivity contribution is 7.96. The standard InChI is InChI=1S/C9H17NOS/c1-7(10-9(11)12)8-5-3-2-4-6-8/h7-8H,2-6H2,1H3,(H2,10,11,12). The summed E-state index contributed by atoms with van der Waals surface area (Å²) >= 11 is 3.71. The van der Waals surface area contributed by atoms with Crippen LogP contribution in [0.5, 0.6) is 0 Å². The average molecular weight is 187 g/mol. The highest BCUT2D eigenvalue weighted by Crippen LogP contribution is 2.26. The van der Waals surface area contributed by atoms with Crippen LogP contribution in [0.4, 0.5) is 4.79 Å². The molecule has 0 aliphatic heterocycles. The molecule has 1 amide bonds. The molecule has 12 heavy (non-hydrogen) atoms. The summed E-state index contributed by atoms with van der Waals surface area (Å²) < 4.78 is 0. The summed E-state index contributed by atoms with van der Waals surface area (Å²) in [5, 5.41) is 2.64. The maximum Gasteiger partial charge on any atom is 0.276 e. The molecule has 0 aromatic carbocycles. The zero-order valence-corrected chi connectivity index (χ0v) is 8.44. The lowest BCUT2D eigenvalue weighted by molar-refractivity contribution is 0.244. The van der Waals surface area contributed by atoms with Gasteiger partial charge in [-0.1, -0.05) is 31.9 Å². The van der Waals surface area contributed by atoms with Crippen molar-refractivity contribution >= 4 is 17.9 Å².